The first-order valence-electron chi connectivity index (χ1n) is 12.1. The molecule has 190 valence electrons. The summed E-state index contributed by atoms with van der Waals surface area (Å²) in [6.45, 7) is 13.5. The molecule has 0 saturated carbocycles. The maximum Gasteiger partial charge on any atom is 0.227 e. The van der Waals surface area contributed by atoms with Gasteiger partial charge in [0.05, 0.1) is 42.4 Å². The Bertz CT molecular complexity index is 1070. The van der Waals surface area contributed by atoms with Crippen molar-refractivity contribution in [3.8, 4) is 23.1 Å². The van der Waals surface area contributed by atoms with E-state index >= 15 is 0 Å². The van der Waals surface area contributed by atoms with E-state index in [0.717, 1.165) is 16.9 Å². The molecule has 2 aromatic carbocycles. The van der Waals surface area contributed by atoms with E-state index in [0.29, 0.717) is 30.5 Å². The van der Waals surface area contributed by atoms with E-state index in [-0.39, 0.29) is 18.2 Å². The first-order chi connectivity index (χ1) is 16.6. The predicted octanol–water partition coefficient (Wildman–Crippen LogP) is 5.37. The largest absolute Gasteiger partial charge is 0.493 e. The van der Waals surface area contributed by atoms with Crippen LogP contribution < -0.4 is 9.47 Å². The quantitative estimate of drug-likeness (QED) is 0.397. The summed E-state index contributed by atoms with van der Waals surface area (Å²) >= 11 is 0. The third kappa shape index (κ3) is 7.31. The molecule has 0 fully saturated rings. The molecule has 0 aliphatic rings. The predicted molar refractivity (Wildman–Crippen MR) is 139 cm³/mol. The highest BCUT2D eigenvalue weighted by molar-refractivity contribution is 5.47. The Labute approximate surface area is 209 Å². The first kappa shape index (κ1) is 26.7. The third-order valence-electron chi connectivity index (χ3n) is 5.66. The summed E-state index contributed by atoms with van der Waals surface area (Å²) in [5.74, 6) is 1.89. The van der Waals surface area contributed by atoms with Crippen LogP contribution in [0.4, 0.5) is 0 Å². The second kappa shape index (κ2) is 11.7. The lowest BCUT2D eigenvalue weighted by atomic mass is 10.1. The van der Waals surface area contributed by atoms with Gasteiger partial charge in [0.2, 0.25) is 5.88 Å². The second-order valence-electron chi connectivity index (χ2n) is 9.97. The van der Waals surface area contributed by atoms with Crippen molar-refractivity contribution in [1.29, 1.82) is 0 Å². The zero-order chi connectivity index (χ0) is 25.6. The van der Waals surface area contributed by atoms with E-state index in [2.05, 4.69) is 18.7 Å². The summed E-state index contributed by atoms with van der Waals surface area (Å²) in [5, 5.41) is 15.5. The number of para-hydroxylation sites is 3. The molecule has 1 atom stereocenters. The van der Waals surface area contributed by atoms with Gasteiger partial charge in [0.25, 0.3) is 0 Å². The van der Waals surface area contributed by atoms with Gasteiger partial charge in [-0.3, -0.25) is 4.90 Å². The van der Waals surface area contributed by atoms with Crippen molar-refractivity contribution in [2.45, 2.75) is 65.8 Å². The molecular formula is C28H39N3O4. The van der Waals surface area contributed by atoms with Gasteiger partial charge < -0.3 is 19.3 Å². The van der Waals surface area contributed by atoms with E-state index < -0.39 is 6.10 Å². The van der Waals surface area contributed by atoms with Crippen LogP contribution in [0.5, 0.6) is 17.4 Å². The maximum absolute atomic E-state index is 10.7. The molecule has 3 aromatic rings. The lowest BCUT2D eigenvalue weighted by Crippen LogP contribution is -2.40. The number of hydrogen-bond donors (Lipinski definition) is 1. The van der Waals surface area contributed by atoms with Crippen LogP contribution in [-0.2, 0) is 11.3 Å². The lowest BCUT2D eigenvalue weighted by molar-refractivity contribution is -0.0587. The second-order valence-corrected chi connectivity index (χ2v) is 9.97. The Kier molecular flexibility index (Phi) is 8.94. The van der Waals surface area contributed by atoms with E-state index in [1.54, 1.807) is 7.11 Å². The molecule has 0 amide bonds. The minimum Gasteiger partial charge on any atom is -0.493 e. The van der Waals surface area contributed by atoms with Gasteiger partial charge in [0, 0.05) is 19.1 Å². The van der Waals surface area contributed by atoms with Gasteiger partial charge in [-0.2, -0.15) is 5.10 Å². The molecule has 7 nitrogen and oxygen atoms in total. The summed E-state index contributed by atoms with van der Waals surface area (Å²) in [5.41, 5.74) is 2.43. The fraction of sp³-hybridized carbons (Fsp3) is 0.464. The fourth-order valence-electron chi connectivity index (χ4n) is 3.71. The molecule has 1 aromatic heterocycles. The number of benzene rings is 2. The van der Waals surface area contributed by atoms with E-state index in [9.17, 15) is 5.11 Å². The summed E-state index contributed by atoms with van der Waals surface area (Å²) in [7, 11) is 1.63. The smallest absolute Gasteiger partial charge is 0.227 e. The van der Waals surface area contributed by atoms with Gasteiger partial charge in [0.1, 0.15) is 0 Å². The molecule has 1 heterocycles. The molecule has 0 aliphatic heterocycles. The molecule has 7 heteroatoms. The van der Waals surface area contributed by atoms with Gasteiger partial charge in [-0.1, -0.05) is 30.3 Å². The van der Waals surface area contributed by atoms with Crippen molar-refractivity contribution in [3.05, 3.63) is 65.9 Å². The standard InChI is InChI=1S/C28H39N3O4/c1-20(2)30(17-23(32)19-34-28(4,5)6)18-24-21(3)29-31(22-13-9-8-10-14-22)27(24)35-26-16-12-11-15-25(26)33-7/h8-16,20,23,32H,17-19H2,1-7H3/t23-/m1/s1. The number of rotatable bonds is 11. The lowest BCUT2D eigenvalue weighted by Gasteiger charge is -2.30. The van der Waals surface area contributed by atoms with Crippen LogP contribution in [0.15, 0.2) is 54.6 Å². The molecule has 0 saturated heterocycles. The zero-order valence-electron chi connectivity index (χ0n) is 22.0. The molecule has 0 unspecified atom stereocenters. The Morgan fingerprint density at radius 1 is 1.00 bits per heavy atom. The molecular weight excluding hydrogens is 442 g/mol. The fourth-order valence-corrected chi connectivity index (χ4v) is 3.71. The monoisotopic (exact) mass is 481 g/mol. The molecule has 35 heavy (non-hydrogen) atoms. The number of aliphatic hydroxyl groups excluding tert-OH is 1. The maximum atomic E-state index is 10.7. The average Bonchev–Trinajstić information content (AvgIpc) is 3.12. The normalized spacial score (nSPS) is 12.9. The Morgan fingerprint density at radius 3 is 2.23 bits per heavy atom. The molecule has 1 N–H and O–H groups in total. The number of nitrogens with zero attached hydrogens (tertiary/aromatic N) is 3. The van der Waals surface area contributed by atoms with Gasteiger partial charge in [-0.05, 0) is 65.8 Å². The first-order valence-corrected chi connectivity index (χ1v) is 12.1. The third-order valence-corrected chi connectivity index (χ3v) is 5.66. The number of hydrogen-bond acceptors (Lipinski definition) is 6. The van der Waals surface area contributed by atoms with Crippen molar-refractivity contribution in [2.75, 3.05) is 20.3 Å². The Hall–Kier alpha value is -2.87. The van der Waals surface area contributed by atoms with Gasteiger partial charge in [-0.25, -0.2) is 4.68 Å². The molecule has 3 rings (SSSR count). The van der Waals surface area contributed by atoms with Crippen molar-refractivity contribution in [3.63, 3.8) is 0 Å². The molecule has 0 bridgehead atoms. The number of aromatic nitrogens is 2. The summed E-state index contributed by atoms with van der Waals surface area (Å²) in [6, 6.07) is 17.7. The number of aryl methyl sites for hydroxylation is 1. The molecule has 0 spiro atoms. The van der Waals surface area contributed by atoms with Crippen LogP contribution in [0.25, 0.3) is 5.69 Å². The van der Waals surface area contributed by atoms with Gasteiger partial charge in [-0.15, -0.1) is 0 Å². The summed E-state index contributed by atoms with van der Waals surface area (Å²) in [6.07, 6.45) is -0.611. The molecule has 0 radical (unpaired) electrons. The van der Waals surface area contributed by atoms with Crippen LogP contribution in [0.2, 0.25) is 0 Å². The zero-order valence-corrected chi connectivity index (χ0v) is 22.0. The number of aliphatic hydroxyl groups is 1. The van der Waals surface area contributed by atoms with Crippen LogP contribution >= 0.6 is 0 Å². The minimum absolute atomic E-state index is 0.192. The van der Waals surface area contributed by atoms with Gasteiger partial charge >= 0.3 is 0 Å². The van der Waals surface area contributed by atoms with Crippen LogP contribution in [0, 0.1) is 6.92 Å². The highest BCUT2D eigenvalue weighted by atomic mass is 16.5. The summed E-state index contributed by atoms with van der Waals surface area (Å²) < 4.78 is 19.6. The van der Waals surface area contributed by atoms with E-state index in [1.165, 1.54) is 0 Å². The SMILES string of the molecule is COc1ccccc1Oc1c(CN(C[C@@H](O)COC(C)(C)C)C(C)C)c(C)nn1-c1ccccc1. The van der Waals surface area contributed by atoms with Crippen molar-refractivity contribution in [2.24, 2.45) is 0 Å². The van der Waals surface area contributed by atoms with E-state index in [1.807, 2.05) is 87.0 Å². The highest BCUT2D eigenvalue weighted by Gasteiger charge is 2.25. The van der Waals surface area contributed by atoms with Crippen molar-refractivity contribution >= 4 is 0 Å². The molecule has 0 aliphatic carbocycles. The van der Waals surface area contributed by atoms with Crippen LogP contribution in [0.3, 0.4) is 0 Å². The van der Waals surface area contributed by atoms with Crippen molar-refractivity contribution in [1.82, 2.24) is 14.7 Å². The van der Waals surface area contributed by atoms with Gasteiger partial charge in [0.15, 0.2) is 11.5 Å². The average molecular weight is 482 g/mol. The number of methoxy groups -OCH3 is 1. The Morgan fingerprint density at radius 2 is 1.63 bits per heavy atom. The van der Waals surface area contributed by atoms with Crippen molar-refractivity contribution < 1.29 is 19.3 Å². The Balaban J connectivity index is 1.96. The highest BCUT2D eigenvalue weighted by Crippen LogP contribution is 2.36. The van der Waals surface area contributed by atoms with Crippen LogP contribution in [0.1, 0.15) is 45.9 Å². The minimum atomic E-state index is -0.611. The topological polar surface area (TPSA) is 69.0 Å². The summed E-state index contributed by atoms with van der Waals surface area (Å²) in [4.78, 5) is 2.21. The van der Waals surface area contributed by atoms with Crippen LogP contribution in [-0.4, -0.2) is 57.8 Å². The number of ether oxygens (including phenoxy) is 3. The van der Waals surface area contributed by atoms with E-state index in [4.69, 9.17) is 19.3 Å².